The topological polar surface area (TPSA) is 21.3 Å². The van der Waals surface area contributed by atoms with Crippen LogP contribution in [0.1, 0.15) is 37.8 Å². The maximum absolute atomic E-state index is 5.53. The molecule has 0 aromatic heterocycles. The quantitative estimate of drug-likeness (QED) is 0.775. The molecule has 1 aromatic carbocycles. The summed E-state index contributed by atoms with van der Waals surface area (Å²) in [6.45, 7) is 7.41. The van der Waals surface area contributed by atoms with Crippen molar-refractivity contribution in [2.24, 2.45) is 0 Å². The fraction of sp³-hybridized carbons (Fsp3) is 0.500. The highest BCUT2D eigenvalue weighted by Gasteiger charge is 2.12. The third kappa shape index (κ3) is 3.36. The van der Waals surface area contributed by atoms with Gasteiger partial charge in [0, 0.05) is 6.42 Å². The van der Waals surface area contributed by atoms with Crippen LogP contribution in [0.2, 0.25) is 0 Å². The van der Waals surface area contributed by atoms with E-state index in [2.05, 4.69) is 43.4 Å². The van der Waals surface area contributed by atoms with E-state index in [1.165, 1.54) is 23.1 Å². The van der Waals surface area contributed by atoms with Crippen molar-refractivity contribution in [2.45, 2.75) is 33.1 Å². The van der Waals surface area contributed by atoms with E-state index in [-0.39, 0.29) is 0 Å². The van der Waals surface area contributed by atoms with Crippen molar-refractivity contribution in [3.63, 3.8) is 0 Å². The molecule has 0 aliphatic carbocycles. The highest BCUT2D eigenvalue weighted by atomic mass is 16.5. The number of allylic oxidation sites excluding steroid dienone is 1. The van der Waals surface area contributed by atoms with Gasteiger partial charge in [-0.2, -0.15) is 0 Å². The maximum Gasteiger partial charge on any atom is 0.122 e. The lowest BCUT2D eigenvalue weighted by Gasteiger charge is -2.05. The number of hydrogen-bond donors (Lipinski definition) is 1. The van der Waals surface area contributed by atoms with Crippen molar-refractivity contribution in [2.75, 3.05) is 19.7 Å². The summed E-state index contributed by atoms with van der Waals surface area (Å²) in [7, 11) is 0. The summed E-state index contributed by atoms with van der Waals surface area (Å²) in [5.74, 6) is 1.07. The minimum absolute atomic E-state index is 0.836. The molecule has 2 rings (SSSR count). The smallest absolute Gasteiger partial charge is 0.122 e. The lowest BCUT2D eigenvalue weighted by Crippen LogP contribution is -2.15. The van der Waals surface area contributed by atoms with Crippen LogP contribution < -0.4 is 10.1 Å². The zero-order valence-electron chi connectivity index (χ0n) is 11.5. The van der Waals surface area contributed by atoms with Gasteiger partial charge in [0.25, 0.3) is 0 Å². The average molecular weight is 245 g/mol. The monoisotopic (exact) mass is 245 g/mol. The summed E-state index contributed by atoms with van der Waals surface area (Å²) in [5, 5.41) is 3.42. The summed E-state index contributed by atoms with van der Waals surface area (Å²) >= 11 is 0. The van der Waals surface area contributed by atoms with E-state index in [1.54, 1.807) is 0 Å². The van der Waals surface area contributed by atoms with Gasteiger partial charge in [-0.05, 0) is 61.7 Å². The minimum Gasteiger partial charge on any atom is -0.493 e. The largest absolute Gasteiger partial charge is 0.493 e. The van der Waals surface area contributed by atoms with E-state index in [1.807, 2.05) is 0 Å². The third-order valence-corrected chi connectivity index (χ3v) is 3.34. The molecule has 0 spiro atoms. The maximum atomic E-state index is 5.53. The molecule has 0 saturated heterocycles. The molecule has 0 unspecified atom stereocenters. The van der Waals surface area contributed by atoms with Crippen LogP contribution in [0.4, 0.5) is 0 Å². The summed E-state index contributed by atoms with van der Waals surface area (Å²) in [5.41, 5.74) is 4.04. The first-order valence-electron chi connectivity index (χ1n) is 6.95. The minimum atomic E-state index is 0.836. The summed E-state index contributed by atoms with van der Waals surface area (Å²) in [6.07, 6.45) is 5.67. The van der Waals surface area contributed by atoms with Crippen LogP contribution in [-0.2, 0) is 6.42 Å². The van der Waals surface area contributed by atoms with Crippen LogP contribution in [0.5, 0.6) is 5.75 Å². The van der Waals surface area contributed by atoms with Crippen molar-refractivity contribution in [1.82, 2.24) is 5.32 Å². The zero-order valence-corrected chi connectivity index (χ0v) is 11.5. The van der Waals surface area contributed by atoms with E-state index in [0.29, 0.717) is 0 Å². The fourth-order valence-corrected chi connectivity index (χ4v) is 2.24. The highest BCUT2D eigenvalue weighted by molar-refractivity contribution is 5.65. The van der Waals surface area contributed by atoms with Crippen molar-refractivity contribution in [1.29, 1.82) is 0 Å². The van der Waals surface area contributed by atoms with Gasteiger partial charge >= 0.3 is 0 Å². The molecule has 1 aromatic rings. The van der Waals surface area contributed by atoms with Gasteiger partial charge in [0.1, 0.15) is 5.75 Å². The summed E-state index contributed by atoms with van der Waals surface area (Å²) in [6, 6.07) is 6.54. The predicted molar refractivity (Wildman–Crippen MR) is 77.1 cm³/mol. The molecule has 0 radical (unpaired) electrons. The van der Waals surface area contributed by atoms with E-state index < -0.39 is 0 Å². The normalized spacial score (nSPS) is 14.4. The molecule has 2 heteroatoms. The van der Waals surface area contributed by atoms with Gasteiger partial charge < -0.3 is 10.1 Å². The Morgan fingerprint density at radius 2 is 2.28 bits per heavy atom. The zero-order chi connectivity index (χ0) is 12.8. The summed E-state index contributed by atoms with van der Waals surface area (Å²) in [4.78, 5) is 0. The van der Waals surface area contributed by atoms with Crippen molar-refractivity contribution < 1.29 is 4.74 Å². The van der Waals surface area contributed by atoms with Gasteiger partial charge in [-0.3, -0.25) is 0 Å². The van der Waals surface area contributed by atoms with Gasteiger partial charge in [-0.25, -0.2) is 0 Å². The average Bonchev–Trinajstić information content (AvgIpc) is 2.85. The number of hydrogen-bond acceptors (Lipinski definition) is 2. The molecule has 1 N–H and O–H groups in total. The predicted octanol–water partition coefficient (Wildman–Crippen LogP) is 3.41. The van der Waals surface area contributed by atoms with Gasteiger partial charge in [-0.1, -0.05) is 19.1 Å². The molecular formula is C16H23NO. The molecular weight excluding hydrogens is 222 g/mol. The first-order valence-corrected chi connectivity index (χ1v) is 6.95. The Balaban J connectivity index is 1.92. The van der Waals surface area contributed by atoms with Gasteiger partial charge in [0.2, 0.25) is 0 Å². The van der Waals surface area contributed by atoms with Crippen molar-refractivity contribution in [3.05, 3.63) is 35.4 Å². The number of benzene rings is 1. The number of rotatable bonds is 6. The Kier molecular flexibility index (Phi) is 4.82. The molecule has 1 aliphatic heterocycles. The van der Waals surface area contributed by atoms with Crippen LogP contribution in [0.3, 0.4) is 0 Å². The van der Waals surface area contributed by atoms with Crippen LogP contribution in [0.25, 0.3) is 5.57 Å². The first kappa shape index (κ1) is 13.2. The second-order valence-corrected chi connectivity index (χ2v) is 4.85. The Bertz CT molecular complexity index is 423. The van der Waals surface area contributed by atoms with Crippen LogP contribution in [0, 0.1) is 0 Å². The van der Waals surface area contributed by atoms with Gasteiger partial charge in [0.05, 0.1) is 6.61 Å². The highest BCUT2D eigenvalue weighted by Crippen LogP contribution is 2.28. The van der Waals surface area contributed by atoms with E-state index in [4.69, 9.17) is 4.74 Å². The van der Waals surface area contributed by atoms with Crippen LogP contribution in [0.15, 0.2) is 24.3 Å². The summed E-state index contributed by atoms with van der Waals surface area (Å²) < 4.78 is 5.53. The molecule has 98 valence electrons. The molecule has 1 aliphatic rings. The Morgan fingerprint density at radius 3 is 3.11 bits per heavy atom. The lowest BCUT2D eigenvalue weighted by atomic mass is 10.0. The number of fused-ring (bicyclic) bond motifs is 1. The second kappa shape index (κ2) is 6.60. The Hall–Kier alpha value is -1.28. The van der Waals surface area contributed by atoms with Crippen LogP contribution in [-0.4, -0.2) is 19.7 Å². The lowest BCUT2D eigenvalue weighted by molar-refractivity contribution is 0.357. The third-order valence-electron chi connectivity index (χ3n) is 3.34. The second-order valence-electron chi connectivity index (χ2n) is 4.85. The van der Waals surface area contributed by atoms with E-state index >= 15 is 0 Å². The molecule has 1 heterocycles. The van der Waals surface area contributed by atoms with Crippen molar-refractivity contribution in [3.8, 4) is 5.75 Å². The molecule has 18 heavy (non-hydrogen) atoms. The van der Waals surface area contributed by atoms with Crippen LogP contribution >= 0.6 is 0 Å². The van der Waals surface area contributed by atoms with Gasteiger partial charge in [0.15, 0.2) is 0 Å². The standard InChI is InChI=1S/C16H23NO/c1-3-9-17-10-4-5-13(2)14-6-7-16-15(12-14)8-11-18-16/h5-7,12,17H,3-4,8-11H2,1-2H3/b13-5-. The Morgan fingerprint density at radius 1 is 1.39 bits per heavy atom. The number of ether oxygens (including phenoxy) is 1. The van der Waals surface area contributed by atoms with Gasteiger partial charge in [-0.15, -0.1) is 0 Å². The molecule has 0 saturated carbocycles. The van der Waals surface area contributed by atoms with E-state index in [0.717, 1.165) is 38.3 Å². The molecule has 0 atom stereocenters. The molecule has 0 amide bonds. The van der Waals surface area contributed by atoms with E-state index in [9.17, 15) is 0 Å². The first-order chi connectivity index (χ1) is 8.81. The molecule has 0 bridgehead atoms. The van der Waals surface area contributed by atoms with Crippen molar-refractivity contribution >= 4 is 5.57 Å². The number of nitrogens with one attached hydrogen (secondary N) is 1. The Labute approximate surface area is 110 Å². The molecule has 2 nitrogen and oxygen atoms in total. The SMILES string of the molecule is CCCNCC/C=C(/C)c1ccc2c(c1)CCO2. The fourth-order valence-electron chi connectivity index (χ4n) is 2.24. The molecule has 0 fully saturated rings.